The Morgan fingerprint density at radius 3 is 2.73 bits per heavy atom. The maximum atomic E-state index is 3.69. The fourth-order valence-corrected chi connectivity index (χ4v) is 2.77. The highest BCUT2D eigenvalue weighted by Gasteiger charge is 2.31. The van der Waals surface area contributed by atoms with Gasteiger partial charge >= 0.3 is 0 Å². The van der Waals surface area contributed by atoms with Crippen LogP contribution in [0.4, 0.5) is 0 Å². The summed E-state index contributed by atoms with van der Waals surface area (Å²) in [5.74, 6) is 0.833. The van der Waals surface area contributed by atoms with Gasteiger partial charge in [-0.15, -0.1) is 0 Å². The summed E-state index contributed by atoms with van der Waals surface area (Å²) in [6.45, 7) is 10.4. The van der Waals surface area contributed by atoms with Crippen molar-refractivity contribution in [3.8, 4) is 0 Å². The third-order valence-electron chi connectivity index (χ3n) is 3.65. The molecule has 15 heavy (non-hydrogen) atoms. The van der Waals surface area contributed by atoms with Gasteiger partial charge in [-0.3, -0.25) is 0 Å². The lowest BCUT2D eigenvalue weighted by atomic mass is 9.70. The molecule has 0 aromatic carbocycles. The molecule has 1 aliphatic carbocycles. The molecule has 0 heterocycles. The van der Waals surface area contributed by atoms with E-state index in [2.05, 4.69) is 45.2 Å². The predicted octanol–water partition coefficient (Wildman–Crippen LogP) is 3.76. The van der Waals surface area contributed by atoms with Crippen LogP contribution in [0.1, 0.15) is 53.4 Å². The van der Waals surface area contributed by atoms with Crippen LogP contribution >= 0.6 is 0 Å². The molecule has 2 atom stereocenters. The van der Waals surface area contributed by atoms with Crippen LogP contribution in [-0.4, -0.2) is 12.6 Å². The Bertz CT molecular complexity index is 205. The first kappa shape index (κ1) is 12.8. The Balaban J connectivity index is 2.26. The smallest absolute Gasteiger partial charge is 0.00932 e. The summed E-state index contributed by atoms with van der Waals surface area (Å²) in [6.07, 6.45) is 9.64. The topological polar surface area (TPSA) is 12.0 Å². The summed E-state index contributed by atoms with van der Waals surface area (Å²) in [6, 6.07) is 0.753. The largest absolute Gasteiger partial charge is 0.313 e. The van der Waals surface area contributed by atoms with Crippen molar-refractivity contribution in [2.45, 2.75) is 59.4 Å². The Morgan fingerprint density at radius 1 is 1.40 bits per heavy atom. The number of nitrogens with one attached hydrogen (secondary N) is 1. The number of rotatable bonds is 4. The van der Waals surface area contributed by atoms with Crippen LogP contribution < -0.4 is 5.32 Å². The minimum absolute atomic E-state index is 0.570. The minimum Gasteiger partial charge on any atom is -0.313 e. The standard InChI is InChI=1S/C14H27N/c1-5-6-7-10-15-13-8-9-14(3,4)11-12(13)2/h5-6,12-13,15H,7-11H2,1-4H3/b6-5+. The van der Waals surface area contributed by atoms with Gasteiger partial charge in [-0.2, -0.15) is 0 Å². The Hall–Kier alpha value is -0.300. The van der Waals surface area contributed by atoms with E-state index in [1.54, 1.807) is 0 Å². The SMILES string of the molecule is C/C=C/CCNC1CCC(C)(C)CC1C. The fourth-order valence-electron chi connectivity index (χ4n) is 2.77. The minimum atomic E-state index is 0.570. The molecule has 2 unspecified atom stereocenters. The van der Waals surface area contributed by atoms with Gasteiger partial charge in [0.05, 0.1) is 0 Å². The summed E-state index contributed by atoms with van der Waals surface area (Å²) in [4.78, 5) is 0. The molecule has 1 N–H and O–H groups in total. The molecule has 0 aromatic rings. The van der Waals surface area contributed by atoms with Crippen molar-refractivity contribution in [1.29, 1.82) is 0 Å². The second-order valence-corrected chi connectivity index (χ2v) is 5.80. The van der Waals surface area contributed by atoms with Crippen LogP contribution in [0.25, 0.3) is 0 Å². The van der Waals surface area contributed by atoms with Crippen LogP contribution in [0.2, 0.25) is 0 Å². The molecule has 0 bridgehead atoms. The molecule has 0 amide bonds. The first-order valence-corrected chi connectivity index (χ1v) is 6.40. The highest BCUT2D eigenvalue weighted by atomic mass is 14.9. The normalized spacial score (nSPS) is 30.9. The molecular formula is C14H27N. The third-order valence-corrected chi connectivity index (χ3v) is 3.65. The van der Waals surface area contributed by atoms with Gasteiger partial charge in [0.2, 0.25) is 0 Å². The van der Waals surface area contributed by atoms with E-state index in [-0.39, 0.29) is 0 Å². The van der Waals surface area contributed by atoms with Gasteiger partial charge in [0.25, 0.3) is 0 Å². The zero-order chi connectivity index (χ0) is 11.3. The van der Waals surface area contributed by atoms with Crippen LogP contribution in [0.15, 0.2) is 12.2 Å². The lowest BCUT2D eigenvalue weighted by Crippen LogP contribution is -2.41. The quantitative estimate of drug-likeness (QED) is 0.549. The van der Waals surface area contributed by atoms with Crippen LogP contribution in [0.5, 0.6) is 0 Å². The predicted molar refractivity (Wildman–Crippen MR) is 68.0 cm³/mol. The van der Waals surface area contributed by atoms with E-state index in [4.69, 9.17) is 0 Å². The van der Waals surface area contributed by atoms with Crippen LogP contribution in [0.3, 0.4) is 0 Å². The van der Waals surface area contributed by atoms with Gasteiger partial charge in [0.1, 0.15) is 0 Å². The van der Waals surface area contributed by atoms with Crippen molar-refractivity contribution < 1.29 is 0 Å². The molecular weight excluding hydrogens is 182 g/mol. The van der Waals surface area contributed by atoms with Crippen LogP contribution in [0, 0.1) is 11.3 Å². The van der Waals surface area contributed by atoms with Gasteiger partial charge < -0.3 is 5.32 Å². The molecule has 1 nitrogen and oxygen atoms in total. The van der Waals surface area contributed by atoms with Crippen molar-refractivity contribution in [2.24, 2.45) is 11.3 Å². The van der Waals surface area contributed by atoms with Gasteiger partial charge in [0.15, 0.2) is 0 Å². The molecule has 0 aliphatic heterocycles. The first-order valence-electron chi connectivity index (χ1n) is 6.40. The van der Waals surface area contributed by atoms with E-state index < -0.39 is 0 Å². The van der Waals surface area contributed by atoms with Crippen molar-refractivity contribution in [3.63, 3.8) is 0 Å². The van der Waals surface area contributed by atoms with E-state index in [0.717, 1.165) is 18.5 Å². The highest BCUT2D eigenvalue weighted by molar-refractivity contribution is 4.87. The van der Waals surface area contributed by atoms with E-state index >= 15 is 0 Å². The number of hydrogen-bond acceptors (Lipinski definition) is 1. The zero-order valence-corrected chi connectivity index (χ0v) is 10.8. The molecule has 1 fully saturated rings. The maximum absolute atomic E-state index is 3.69. The third kappa shape index (κ3) is 4.38. The molecule has 1 aliphatic rings. The van der Waals surface area contributed by atoms with Crippen molar-refractivity contribution in [1.82, 2.24) is 5.32 Å². The molecule has 88 valence electrons. The van der Waals surface area contributed by atoms with Crippen molar-refractivity contribution in [2.75, 3.05) is 6.54 Å². The molecule has 1 heteroatoms. The Morgan fingerprint density at radius 2 is 2.13 bits per heavy atom. The van der Waals surface area contributed by atoms with E-state index in [1.807, 2.05) is 0 Å². The Kier molecular flexibility index (Phi) is 4.85. The molecule has 0 saturated heterocycles. The highest BCUT2D eigenvalue weighted by Crippen LogP contribution is 2.38. The monoisotopic (exact) mass is 209 g/mol. The molecule has 0 aromatic heterocycles. The molecule has 0 spiro atoms. The molecule has 1 rings (SSSR count). The lowest BCUT2D eigenvalue weighted by molar-refractivity contribution is 0.149. The second kappa shape index (κ2) is 5.69. The average molecular weight is 209 g/mol. The van der Waals surface area contributed by atoms with E-state index in [9.17, 15) is 0 Å². The maximum Gasteiger partial charge on any atom is 0.00932 e. The van der Waals surface area contributed by atoms with Gasteiger partial charge in [-0.05, 0) is 50.5 Å². The number of hydrogen-bond donors (Lipinski definition) is 1. The summed E-state index contributed by atoms with van der Waals surface area (Å²) >= 11 is 0. The average Bonchev–Trinajstić information content (AvgIpc) is 2.14. The second-order valence-electron chi connectivity index (χ2n) is 5.80. The summed E-state index contributed by atoms with van der Waals surface area (Å²) in [7, 11) is 0. The summed E-state index contributed by atoms with van der Waals surface area (Å²) < 4.78 is 0. The van der Waals surface area contributed by atoms with Crippen LogP contribution in [-0.2, 0) is 0 Å². The zero-order valence-electron chi connectivity index (χ0n) is 10.8. The van der Waals surface area contributed by atoms with Gasteiger partial charge in [-0.1, -0.05) is 32.9 Å². The van der Waals surface area contributed by atoms with Gasteiger partial charge in [0, 0.05) is 6.04 Å². The van der Waals surface area contributed by atoms with Gasteiger partial charge in [-0.25, -0.2) is 0 Å². The number of allylic oxidation sites excluding steroid dienone is 1. The van der Waals surface area contributed by atoms with E-state index in [0.29, 0.717) is 5.41 Å². The van der Waals surface area contributed by atoms with E-state index in [1.165, 1.54) is 25.7 Å². The summed E-state index contributed by atoms with van der Waals surface area (Å²) in [5.41, 5.74) is 0.570. The lowest BCUT2D eigenvalue weighted by Gasteiger charge is -2.39. The molecule has 1 saturated carbocycles. The molecule has 0 radical (unpaired) electrons. The van der Waals surface area contributed by atoms with Crippen molar-refractivity contribution >= 4 is 0 Å². The summed E-state index contributed by atoms with van der Waals surface area (Å²) in [5, 5.41) is 3.69. The first-order chi connectivity index (χ1) is 7.05. The fraction of sp³-hybridized carbons (Fsp3) is 0.857. The Labute approximate surface area is 95.3 Å². The van der Waals surface area contributed by atoms with Crippen molar-refractivity contribution in [3.05, 3.63) is 12.2 Å².